The summed E-state index contributed by atoms with van der Waals surface area (Å²) in [6, 6.07) is 10.5. The maximum atomic E-state index is 12.9. The average molecular weight is 477 g/mol. The summed E-state index contributed by atoms with van der Waals surface area (Å²) in [6.45, 7) is 2.31. The van der Waals surface area contributed by atoms with Crippen LogP contribution in [-0.4, -0.2) is 63.5 Å². The number of piperazine rings is 1. The summed E-state index contributed by atoms with van der Waals surface area (Å²) in [4.78, 5) is 2.08. The number of hydrogen-bond acceptors (Lipinski definition) is 6. The second kappa shape index (κ2) is 9.68. The first-order chi connectivity index (χ1) is 14.6. The van der Waals surface area contributed by atoms with E-state index in [0.29, 0.717) is 44.2 Å². The Morgan fingerprint density at radius 1 is 0.935 bits per heavy atom. The molecule has 0 N–H and O–H groups in total. The summed E-state index contributed by atoms with van der Waals surface area (Å²) in [6.07, 6.45) is 0. The number of halogens is 3. The van der Waals surface area contributed by atoms with Crippen molar-refractivity contribution in [2.45, 2.75) is 21.8 Å². The normalized spacial score (nSPS) is 16.3. The number of ether oxygens (including phenoxy) is 2. The number of thioether (sulfide) groups is 1. The molecule has 2 aromatic rings. The second-order valence-corrected chi connectivity index (χ2v) is 9.97. The predicted molar refractivity (Wildman–Crippen MR) is 112 cm³/mol. The molecule has 0 atom stereocenters. The van der Waals surface area contributed by atoms with Gasteiger partial charge in [0.2, 0.25) is 10.0 Å². The van der Waals surface area contributed by atoms with Crippen LogP contribution >= 0.6 is 11.8 Å². The minimum Gasteiger partial charge on any atom is -0.493 e. The molecule has 0 bridgehead atoms. The van der Waals surface area contributed by atoms with Crippen LogP contribution in [0.5, 0.6) is 11.5 Å². The van der Waals surface area contributed by atoms with Crippen LogP contribution < -0.4 is 9.47 Å². The van der Waals surface area contributed by atoms with Gasteiger partial charge in [0.25, 0.3) is 0 Å². The summed E-state index contributed by atoms with van der Waals surface area (Å²) in [5.74, 6) is 1.27. The Morgan fingerprint density at radius 2 is 1.55 bits per heavy atom. The lowest BCUT2D eigenvalue weighted by molar-refractivity contribution is -0.0328. The maximum absolute atomic E-state index is 12.9. The van der Waals surface area contributed by atoms with Crippen molar-refractivity contribution in [3.05, 3.63) is 48.0 Å². The van der Waals surface area contributed by atoms with Gasteiger partial charge in [-0.1, -0.05) is 6.07 Å². The fourth-order valence-electron chi connectivity index (χ4n) is 3.33. The van der Waals surface area contributed by atoms with Gasteiger partial charge < -0.3 is 9.47 Å². The smallest absolute Gasteiger partial charge is 0.446 e. The Balaban J connectivity index is 1.61. The summed E-state index contributed by atoms with van der Waals surface area (Å²) in [5.41, 5.74) is -3.39. The molecular formula is C20H23F3N2O4S2. The van der Waals surface area contributed by atoms with Gasteiger partial charge in [-0.05, 0) is 53.7 Å². The first-order valence-corrected chi connectivity index (χ1v) is 11.7. The maximum Gasteiger partial charge on any atom is 0.446 e. The highest BCUT2D eigenvalue weighted by atomic mass is 32.2. The molecule has 0 saturated carbocycles. The van der Waals surface area contributed by atoms with E-state index in [9.17, 15) is 21.6 Å². The zero-order valence-corrected chi connectivity index (χ0v) is 18.7. The first kappa shape index (κ1) is 23.7. The molecule has 0 radical (unpaired) electrons. The molecule has 0 unspecified atom stereocenters. The van der Waals surface area contributed by atoms with Gasteiger partial charge in [0.15, 0.2) is 11.5 Å². The van der Waals surface area contributed by atoms with E-state index in [1.165, 1.54) is 28.6 Å². The topological polar surface area (TPSA) is 59.1 Å². The zero-order chi connectivity index (χ0) is 22.6. The third-order valence-electron chi connectivity index (χ3n) is 4.88. The molecule has 1 aliphatic rings. The third-order valence-corrected chi connectivity index (χ3v) is 7.53. The van der Waals surface area contributed by atoms with Crippen LogP contribution in [0.15, 0.2) is 52.3 Å². The van der Waals surface area contributed by atoms with Crippen LogP contribution in [0.2, 0.25) is 0 Å². The first-order valence-electron chi connectivity index (χ1n) is 9.41. The van der Waals surface area contributed by atoms with Gasteiger partial charge >= 0.3 is 5.51 Å². The number of rotatable bonds is 7. The van der Waals surface area contributed by atoms with Gasteiger partial charge in [-0.15, -0.1) is 0 Å². The van der Waals surface area contributed by atoms with Gasteiger partial charge in [0.1, 0.15) is 0 Å². The molecule has 11 heteroatoms. The van der Waals surface area contributed by atoms with Gasteiger partial charge in [0, 0.05) is 37.6 Å². The monoisotopic (exact) mass is 476 g/mol. The van der Waals surface area contributed by atoms with E-state index in [0.717, 1.165) is 5.56 Å². The van der Waals surface area contributed by atoms with E-state index in [4.69, 9.17) is 9.47 Å². The van der Waals surface area contributed by atoms with Crippen molar-refractivity contribution in [2.24, 2.45) is 0 Å². The van der Waals surface area contributed by atoms with Crippen LogP contribution in [0.3, 0.4) is 0 Å². The van der Waals surface area contributed by atoms with Crippen molar-refractivity contribution in [1.29, 1.82) is 0 Å². The number of sulfonamides is 1. The fourth-order valence-corrected chi connectivity index (χ4v) is 5.29. The molecular weight excluding hydrogens is 453 g/mol. The van der Waals surface area contributed by atoms with E-state index in [2.05, 4.69) is 4.90 Å². The van der Waals surface area contributed by atoms with Crippen molar-refractivity contribution in [3.8, 4) is 11.5 Å². The van der Waals surface area contributed by atoms with Crippen molar-refractivity contribution in [2.75, 3.05) is 40.4 Å². The predicted octanol–water partition coefficient (Wildman–Crippen LogP) is 3.82. The molecule has 1 aliphatic heterocycles. The molecule has 1 fully saturated rings. The van der Waals surface area contributed by atoms with Crippen LogP contribution in [0.1, 0.15) is 5.56 Å². The molecule has 6 nitrogen and oxygen atoms in total. The van der Waals surface area contributed by atoms with E-state index in [-0.39, 0.29) is 21.6 Å². The number of methoxy groups -OCH3 is 2. The molecule has 0 amide bonds. The summed E-state index contributed by atoms with van der Waals surface area (Å²) in [5, 5.41) is 0. The molecule has 3 rings (SSSR count). The van der Waals surface area contributed by atoms with E-state index < -0.39 is 15.5 Å². The quantitative estimate of drug-likeness (QED) is 0.567. The lowest BCUT2D eigenvalue weighted by atomic mass is 10.1. The summed E-state index contributed by atoms with van der Waals surface area (Å²) in [7, 11) is -0.620. The number of hydrogen-bond donors (Lipinski definition) is 0. The Bertz CT molecular complexity index is 990. The molecule has 2 aromatic carbocycles. The highest BCUT2D eigenvalue weighted by Crippen LogP contribution is 2.37. The van der Waals surface area contributed by atoms with Gasteiger partial charge in [-0.3, -0.25) is 4.90 Å². The molecule has 1 saturated heterocycles. The average Bonchev–Trinajstić information content (AvgIpc) is 2.73. The highest BCUT2D eigenvalue weighted by molar-refractivity contribution is 8.00. The largest absolute Gasteiger partial charge is 0.493 e. The van der Waals surface area contributed by atoms with Crippen LogP contribution in [0.4, 0.5) is 13.2 Å². The van der Waals surface area contributed by atoms with E-state index in [1.807, 2.05) is 18.2 Å². The SMILES string of the molecule is COc1ccc(CN2CCN(S(=O)(=O)c3ccc(SC(F)(F)F)cc3)CC2)cc1OC. The Morgan fingerprint density at radius 3 is 2.10 bits per heavy atom. The van der Waals surface area contributed by atoms with Crippen molar-refractivity contribution >= 4 is 21.8 Å². The third kappa shape index (κ3) is 6.06. The number of benzene rings is 2. The summed E-state index contributed by atoms with van der Waals surface area (Å²) >= 11 is -0.270. The van der Waals surface area contributed by atoms with Crippen molar-refractivity contribution < 1.29 is 31.1 Å². The van der Waals surface area contributed by atoms with Crippen LogP contribution in [0, 0.1) is 0 Å². The standard InChI is InChI=1S/C20H23F3N2O4S2/c1-28-18-8-3-15(13-19(18)29-2)14-24-9-11-25(12-10-24)31(26,27)17-6-4-16(5-7-17)30-20(21,22)23/h3-8,13H,9-12,14H2,1-2H3. The van der Waals surface area contributed by atoms with Gasteiger partial charge in [-0.2, -0.15) is 17.5 Å². The lowest BCUT2D eigenvalue weighted by Gasteiger charge is -2.34. The molecule has 0 aromatic heterocycles. The lowest BCUT2D eigenvalue weighted by Crippen LogP contribution is -2.48. The molecule has 170 valence electrons. The second-order valence-electron chi connectivity index (χ2n) is 6.89. The minimum absolute atomic E-state index is 0.00707. The zero-order valence-electron chi connectivity index (χ0n) is 17.1. The molecule has 0 aliphatic carbocycles. The van der Waals surface area contributed by atoms with Crippen LogP contribution in [-0.2, 0) is 16.6 Å². The van der Waals surface area contributed by atoms with E-state index in [1.54, 1.807) is 14.2 Å². The van der Waals surface area contributed by atoms with Crippen molar-refractivity contribution in [3.63, 3.8) is 0 Å². The molecule has 1 heterocycles. The Labute approximate surface area is 184 Å². The highest BCUT2D eigenvalue weighted by Gasteiger charge is 2.31. The van der Waals surface area contributed by atoms with E-state index >= 15 is 0 Å². The number of alkyl halides is 3. The molecule has 31 heavy (non-hydrogen) atoms. The molecule has 0 spiro atoms. The van der Waals surface area contributed by atoms with Gasteiger partial charge in [-0.25, -0.2) is 8.42 Å². The van der Waals surface area contributed by atoms with Crippen LogP contribution in [0.25, 0.3) is 0 Å². The Hall–Kier alpha value is -1.95. The summed E-state index contributed by atoms with van der Waals surface area (Å²) < 4.78 is 75.0. The van der Waals surface area contributed by atoms with Crippen molar-refractivity contribution in [1.82, 2.24) is 9.21 Å². The fraction of sp³-hybridized carbons (Fsp3) is 0.400. The Kier molecular flexibility index (Phi) is 7.40. The number of nitrogens with zero attached hydrogens (tertiary/aromatic N) is 2. The minimum atomic E-state index is -4.41. The van der Waals surface area contributed by atoms with Gasteiger partial charge in [0.05, 0.1) is 19.1 Å².